The Labute approximate surface area is 116 Å². The Balaban J connectivity index is 5.26. The second-order valence-electron chi connectivity index (χ2n) is 5.22. The topological polar surface area (TPSA) is 77.9 Å². The molecule has 0 spiro atoms. The van der Waals surface area contributed by atoms with Crippen LogP contribution in [0, 0.1) is 5.41 Å². The molecule has 0 aliphatic rings. The molecule has 0 amide bonds. The van der Waals surface area contributed by atoms with Crippen LogP contribution in [0.5, 0.6) is 0 Å². The molecule has 0 aromatic heterocycles. The molecule has 0 unspecified atom stereocenters. The van der Waals surface area contributed by atoms with Crippen LogP contribution in [0.2, 0.25) is 0 Å². The fourth-order valence-electron chi connectivity index (χ4n) is 2.37. The minimum absolute atomic E-state index is 0.581. The van der Waals surface area contributed by atoms with Gasteiger partial charge in [0.2, 0.25) is 10.3 Å². The fraction of sp³-hybridized carbons (Fsp3) is 0.833. The lowest BCUT2D eigenvalue weighted by Crippen LogP contribution is -2.52. The Morgan fingerprint density at radius 1 is 1.32 bits per heavy atom. The maximum atomic E-state index is 11.4. The first-order chi connectivity index (χ1) is 8.65. The van der Waals surface area contributed by atoms with Gasteiger partial charge < -0.3 is 10.0 Å². The molecule has 0 saturated heterocycles. The average molecular weight is 292 g/mol. The van der Waals surface area contributed by atoms with Crippen molar-refractivity contribution in [2.45, 2.75) is 33.7 Å². The zero-order valence-corrected chi connectivity index (χ0v) is 13.1. The number of carboxylic acid groups (broad SMARTS) is 1. The lowest BCUT2D eigenvalue weighted by molar-refractivity contribution is -0.145. The predicted molar refractivity (Wildman–Crippen MR) is 75.7 cm³/mol. The Morgan fingerprint density at radius 2 is 1.79 bits per heavy atom. The molecular formula is C12H24N2O4S. The van der Waals surface area contributed by atoms with E-state index in [2.05, 4.69) is 4.90 Å². The van der Waals surface area contributed by atoms with Gasteiger partial charge in [-0.05, 0) is 20.1 Å². The number of carbonyl (C=O) groups is 1. The molecule has 0 saturated carbocycles. The molecular weight excluding hydrogens is 268 g/mol. The second kappa shape index (κ2) is 7.62. The zero-order chi connectivity index (χ0) is 15.2. The third-order valence-corrected chi connectivity index (χ3v) is 3.66. The van der Waals surface area contributed by atoms with Crippen LogP contribution in [-0.4, -0.2) is 67.5 Å². The van der Waals surface area contributed by atoms with E-state index >= 15 is 0 Å². The molecule has 0 rings (SSSR count). The lowest BCUT2D eigenvalue weighted by atomic mass is 9.83. The van der Waals surface area contributed by atoms with Crippen molar-refractivity contribution in [2.24, 2.45) is 5.41 Å². The van der Waals surface area contributed by atoms with E-state index < -0.39 is 27.7 Å². The van der Waals surface area contributed by atoms with Crippen molar-refractivity contribution in [3.05, 3.63) is 0 Å². The molecule has 19 heavy (non-hydrogen) atoms. The normalized spacial score (nSPS) is 13.6. The molecule has 0 aromatic carbocycles. The van der Waals surface area contributed by atoms with E-state index in [1.165, 1.54) is 11.9 Å². The van der Waals surface area contributed by atoms with Crippen LogP contribution in [0.1, 0.15) is 27.7 Å². The van der Waals surface area contributed by atoms with Crippen LogP contribution in [0.4, 0.5) is 0 Å². The van der Waals surface area contributed by atoms with Crippen molar-refractivity contribution in [1.82, 2.24) is 9.80 Å². The smallest absolute Gasteiger partial charge is 0.321 e. The van der Waals surface area contributed by atoms with Gasteiger partial charge in [-0.15, -0.1) is 0 Å². The van der Waals surface area contributed by atoms with Gasteiger partial charge >= 0.3 is 5.97 Å². The van der Waals surface area contributed by atoms with E-state index in [9.17, 15) is 18.3 Å². The molecule has 0 aliphatic heterocycles. The SMILES string of the molecule is CCN(CC)CC(C)(C)[C@@H](C(=O)O)N(C)C=S(=O)=O. The summed E-state index contributed by atoms with van der Waals surface area (Å²) in [4.78, 5) is 14.8. The van der Waals surface area contributed by atoms with Gasteiger partial charge in [0.25, 0.3) is 0 Å². The molecule has 6 nitrogen and oxygen atoms in total. The summed E-state index contributed by atoms with van der Waals surface area (Å²) in [7, 11) is -0.939. The minimum atomic E-state index is -2.41. The molecule has 0 aliphatic carbocycles. The average Bonchev–Trinajstić information content (AvgIpc) is 2.23. The number of carboxylic acids is 1. The van der Waals surface area contributed by atoms with Crippen LogP contribution in [0.25, 0.3) is 0 Å². The van der Waals surface area contributed by atoms with E-state index in [0.717, 1.165) is 18.6 Å². The molecule has 1 atom stereocenters. The van der Waals surface area contributed by atoms with Crippen molar-refractivity contribution >= 4 is 21.8 Å². The number of hydrogen-bond acceptors (Lipinski definition) is 4. The van der Waals surface area contributed by atoms with Gasteiger partial charge in [0.1, 0.15) is 11.5 Å². The van der Waals surface area contributed by atoms with E-state index in [1.807, 2.05) is 27.7 Å². The first kappa shape index (κ1) is 18.1. The molecule has 0 aromatic rings. The van der Waals surface area contributed by atoms with Crippen molar-refractivity contribution < 1.29 is 18.3 Å². The summed E-state index contributed by atoms with van der Waals surface area (Å²) < 4.78 is 21.4. The predicted octanol–water partition coefficient (Wildman–Crippen LogP) is 0.378. The first-order valence-corrected chi connectivity index (χ1v) is 7.39. The summed E-state index contributed by atoms with van der Waals surface area (Å²) in [6.45, 7) is 9.93. The van der Waals surface area contributed by atoms with Crippen molar-refractivity contribution in [3.8, 4) is 0 Å². The zero-order valence-electron chi connectivity index (χ0n) is 12.3. The monoisotopic (exact) mass is 292 g/mol. The van der Waals surface area contributed by atoms with E-state index in [0.29, 0.717) is 6.54 Å². The summed E-state index contributed by atoms with van der Waals surface area (Å²) in [6.07, 6.45) is 0. The Morgan fingerprint density at radius 3 is 2.11 bits per heavy atom. The maximum absolute atomic E-state index is 11.4. The standard InChI is InChI=1S/C12H24N2O4S/c1-6-14(7-2)8-12(3,4)10(11(15)16)13(5)9-19(17)18/h9-10H,6-8H2,1-5H3,(H,15,16)/t10-/m1/s1. The number of rotatable bonds is 8. The number of hydrogen-bond donors (Lipinski definition) is 1. The van der Waals surface area contributed by atoms with Gasteiger partial charge in [0.15, 0.2) is 0 Å². The van der Waals surface area contributed by atoms with Gasteiger partial charge in [-0.25, -0.2) is 0 Å². The van der Waals surface area contributed by atoms with E-state index in [1.54, 1.807) is 0 Å². The highest BCUT2D eigenvalue weighted by Crippen LogP contribution is 2.25. The van der Waals surface area contributed by atoms with Crippen molar-refractivity contribution in [1.29, 1.82) is 0 Å². The number of likely N-dealkylation sites (N-methyl/N-ethyl adjacent to an activating group) is 1. The first-order valence-electron chi connectivity index (χ1n) is 6.25. The molecule has 0 bridgehead atoms. The minimum Gasteiger partial charge on any atom is -0.480 e. The molecule has 7 heteroatoms. The Hall–Kier alpha value is -0.920. The highest BCUT2D eigenvalue weighted by atomic mass is 32.2. The van der Waals surface area contributed by atoms with Gasteiger partial charge in [0, 0.05) is 12.0 Å². The summed E-state index contributed by atoms with van der Waals surface area (Å²) in [5, 5.41) is 9.37. The highest BCUT2D eigenvalue weighted by Gasteiger charge is 2.38. The Kier molecular flexibility index (Phi) is 7.25. The number of nitrogens with zero attached hydrogens (tertiary/aromatic N) is 2. The van der Waals surface area contributed by atoms with Crippen molar-refractivity contribution in [3.63, 3.8) is 0 Å². The van der Waals surface area contributed by atoms with Gasteiger partial charge in [-0.3, -0.25) is 9.69 Å². The van der Waals surface area contributed by atoms with Gasteiger partial charge in [0.05, 0.1) is 0 Å². The molecule has 1 N–H and O–H groups in total. The lowest BCUT2D eigenvalue weighted by Gasteiger charge is -2.38. The number of aliphatic carboxylic acids is 1. The van der Waals surface area contributed by atoms with Crippen molar-refractivity contribution in [2.75, 3.05) is 26.7 Å². The highest BCUT2D eigenvalue weighted by molar-refractivity contribution is 7.71. The summed E-state index contributed by atoms with van der Waals surface area (Å²) in [6, 6.07) is -0.897. The third-order valence-electron chi connectivity index (χ3n) is 3.16. The molecule has 0 fully saturated rings. The maximum Gasteiger partial charge on any atom is 0.321 e. The van der Waals surface area contributed by atoms with Gasteiger partial charge in [-0.1, -0.05) is 27.7 Å². The van der Waals surface area contributed by atoms with E-state index in [-0.39, 0.29) is 0 Å². The second-order valence-corrected chi connectivity index (χ2v) is 5.95. The quantitative estimate of drug-likeness (QED) is 0.652. The van der Waals surface area contributed by atoms with Crippen LogP contribution in [0.3, 0.4) is 0 Å². The Bertz CT molecular complexity index is 419. The summed E-state index contributed by atoms with van der Waals surface area (Å²) in [5.74, 6) is -1.03. The summed E-state index contributed by atoms with van der Waals surface area (Å²) in [5.41, 5.74) is 0.325. The fourth-order valence-corrected chi connectivity index (χ4v) is 2.76. The molecule has 112 valence electrons. The van der Waals surface area contributed by atoms with E-state index in [4.69, 9.17) is 0 Å². The van der Waals surface area contributed by atoms with Gasteiger partial charge in [-0.2, -0.15) is 8.42 Å². The van der Waals surface area contributed by atoms with Crippen LogP contribution in [0.15, 0.2) is 0 Å². The third kappa shape index (κ3) is 5.71. The van der Waals surface area contributed by atoms with Crippen LogP contribution < -0.4 is 0 Å². The van der Waals surface area contributed by atoms with Crippen LogP contribution in [-0.2, 0) is 15.1 Å². The van der Waals surface area contributed by atoms with Crippen LogP contribution >= 0.6 is 0 Å². The molecule has 0 heterocycles. The summed E-state index contributed by atoms with van der Waals surface area (Å²) >= 11 is 0. The largest absolute Gasteiger partial charge is 0.480 e. The molecule has 0 radical (unpaired) electrons.